The molecule has 0 amide bonds. The molecule has 6 nitrogen and oxygen atoms in total. The minimum atomic E-state index is -1.23. The van der Waals surface area contributed by atoms with E-state index in [2.05, 4.69) is 0 Å². The van der Waals surface area contributed by atoms with Crippen molar-refractivity contribution < 1.29 is 24.4 Å². The van der Waals surface area contributed by atoms with Crippen LogP contribution < -0.4 is 5.73 Å². The second-order valence-electron chi connectivity index (χ2n) is 3.67. The molecule has 0 saturated heterocycles. The van der Waals surface area contributed by atoms with E-state index in [0.29, 0.717) is 11.1 Å². The van der Waals surface area contributed by atoms with Gasteiger partial charge in [0.1, 0.15) is 0 Å². The van der Waals surface area contributed by atoms with Crippen LogP contribution in [0.4, 0.5) is 0 Å². The lowest BCUT2D eigenvalue weighted by Crippen LogP contribution is -2.51. The second-order valence-corrected chi connectivity index (χ2v) is 3.67. The number of hydrogen-bond donors (Lipinski definition) is 3. The zero-order valence-corrected chi connectivity index (χ0v) is 9.77. The lowest BCUT2D eigenvalue weighted by Gasteiger charge is -2.33. The highest BCUT2D eigenvalue weighted by molar-refractivity contribution is 5.31. The Morgan fingerprint density at radius 2 is 2.06 bits per heavy atom. The van der Waals surface area contributed by atoms with Gasteiger partial charge in [-0.05, 0) is 6.92 Å². The Balaban J connectivity index is 3.19. The van der Waals surface area contributed by atoms with Crippen molar-refractivity contribution >= 4 is 0 Å². The molecule has 0 aromatic carbocycles. The molecular formula is C10H19NO5. The Morgan fingerprint density at radius 3 is 2.38 bits per heavy atom. The molecule has 0 bridgehead atoms. The Morgan fingerprint density at radius 1 is 1.44 bits per heavy atom. The summed E-state index contributed by atoms with van der Waals surface area (Å²) < 4.78 is 15.9. The highest BCUT2D eigenvalue weighted by atomic mass is 16.8. The van der Waals surface area contributed by atoms with E-state index in [1.54, 1.807) is 6.92 Å². The van der Waals surface area contributed by atoms with Crippen LogP contribution in [0.15, 0.2) is 11.1 Å². The number of aliphatic hydroxyl groups is 2. The second kappa shape index (κ2) is 5.22. The normalized spacial score (nSPS) is 32.2. The molecule has 16 heavy (non-hydrogen) atoms. The summed E-state index contributed by atoms with van der Waals surface area (Å²) in [6, 6.07) is -0.499. The SMILES string of the molecule is COC1OC(OC)(C(C)N)C(CO)=C1CO. The van der Waals surface area contributed by atoms with Crippen LogP contribution in [-0.2, 0) is 14.2 Å². The number of nitrogens with two attached hydrogens (primary N) is 1. The molecule has 0 radical (unpaired) electrons. The van der Waals surface area contributed by atoms with E-state index in [-0.39, 0.29) is 13.2 Å². The van der Waals surface area contributed by atoms with Gasteiger partial charge in [0.25, 0.3) is 0 Å². The third kappa shape index (κ3) is 1.88. The fourth-order valence-electron chi connectivity index (χ4n) is 1.98. The van der Waals surface area contributed by atoms with Gasteiger partial charge in [-0.2, -0.15) is 0 Å². The Hall–Kier alpha value is -0.500. The van der Waals surface area contributed by atoms with Crippen LogP contribution in [0.5, 0.6) is 0 Å². The summed E-state index contributed by atoms with van der Waals surface area (Å²) in [6.07, 6.45) is -0.738. The summed E-state index contributed by atoms with van der Waals surface area (Å²) in [4.78, 5) is 0. The molecule has 4 N–H and O–H groups in total. The lowest BCUT2D eigenvalue weighted by molar-refractivity contribution is -0.257. The Labute approximate surface area is 94.6 Å². The molecule has 0 aromatic rings. The number of methoxy groups -OCH3 is 2. The van der Waals surface area contributed by atoms with Crippen LogP contribution in [0.1, 0.15) is 6.92 Å². The lowest BCUT2D eigenvalue weighted by atomic mass is 9.97. The molecule has 6 heteroatoms. The van der Waals surface area contributed by atoms with Gasteiger partial charge in [-0.15, -0.1) is 0 Å². The third-order valence-electron chi connectivity index (χ3n) is 2.82. The van der Waals surface area contributed by atoms with E-state index in [1.165, 1.54) is 14.2 Å². The summed E-state index contributed by atoms with van der Waals surface area (Å²) in [7, 11) is 2.88. The minimum Gasteiger partial charge on any atom is -0.392 e. The molecule has 0 saturated carbocycles. The van der Waals surface area contributed by atoms with E-state index in [1.807, 2.05) is 0 Å². The zero-order valence-electron chi connectivity index (χ0n) is 9.77. The van der Waals surface area contributed by atoms with Crippen LogP contribution in [0.2, 0.25) is 0 Å². The average molecular weight is 233 g/mol. The first-order chi connectivity index (χ1) is 7.57. The third-order valence-corrected chi connectivity index (χ3v) is 2.82. The van der Waals surface area contributed by atoms with E-state index >= 15 is 0 Å². The molecule has 1 rings (SSSR count). The highest BCUT2D eigenvalue weighted by Crippen LogP contribution is 2.38. The van der Waals surface area contributed by atoms with Crippen molar-refractivity contribution in [3.8, 4) is 0 Å². The van der Waals surface area contributed by atoms with Gasteiger partial charge in [-0.25, -0.2) is 0 Å². The van der Waals surface area contributed by atoms with Gasteiger partial charge < -0.3 is 30.2 Å². The van der Waals surface area contributed by atoms with Crippen LogP contribution >= 0.6 is 0 Å². The largest absolute Gasteiger partial charge is 0.392 e. The van der Waals surface area contributed by atoms with Gasteiger partial charge in [-0.1, -0.05) is 0 Å². The fraction of sp³-hybridized carbons (Fsp3) is 0.800. The predicted molar refractivity (Wildman–Crippen MR) is 56.5 cm³/mol. The molecule has 0 spiro atoms. The summed E-state index contributed by atoms with van der Waals surface area (Å²) in [5.74, 6) is -1.23. The topological polar surface area (TPSA) is 94.2 Å². The summed E-state index contributed by atoms with van der Waals surface area (Å²) >= 11 is 0. The highest BCUT2D eigenvalue weighted by Gasteiger charge is 2.49. The van der Waals surface area contributed by atoms with E-state index in [0.717, 1.165) is 0 Å². The molecule has 94 valence electrons. The monoisotopic (exact) mass is 233 g/mol. The van der Waals surface area contributed by atoms with E-state index in [4.69, 9.17) is 19.9 Å². The summed E-state index contributed by atoms with van der Waals surface area (Å²) in [5.41, 5.74) is 6.70. The smallest absolute Gasteiger partial charge is 0.211 e. The van der Waals surface area contributed by atoms with Crippen molar-refractivity contribution in [1.82, 2.24) is 0 Å². The van der Waals surface area contributed by atoms with Crippen LogP contribution in [0.25, 0.3) is 0 Å². The van der Waals surface area contributed by atoms with Gasteiger partial charge in [0.15, 0.2) is 6.29 Å². The van der Waals surface area contributed by atoms with Crippen LogP contribution in [-0.4, -0.2) is 55.8 Å². The number of ether oxygens (including phenoxy) is 3. The van der Waals surface area contributed by atoms with Crippen molar-refractivity contribution in [3.05, 3.63) is 11.1 Å². The Kier molecular flexibility index (Phi) is 4.43. The zero-order chi connectivity index (χ0) is 12.3. The minimum absolute atomic E-state index is 0.272. The maximum absolute atomic E-state index is 9.36. The molecule has 1 heterocycles. The standard InChI is InChI=1S/C10H19NO5/c1-6(11)10(15-3)8(5-13)7(4-12)9(14-2)16-10/h6,9,12-13H,4-5,11H2,1-3H3. The van der Waals surface area contributed by atoms with Gasteiger partial charge in [0.05, 0.1) is 19.3 Å². The molecule has 1 aliphatic rings. The van der Waals surface area contributed by atoms with Crippen LogP contribution in [0, 0.1) is 0 Å². The van der Waals surface area contributed by atoms with E-state index in [9.17, 15) is 10.2 Å². The van der Waals surface area contributed by atoms with Gasteiger partial charge in [0.2, 0.25) is 5.79 Å². The molecule has 3 unspecified atom stereocenters. The molecule has 0 aliphatic carbocycles. The fourth-order valence-corrected chi connectivity index (χ4v) is 1.98. The maximum atomic E-state index is 9.36. The maximum Gasteiger partial charge on any atom is 0.211 e. The summed E-state index contributed by atoms with van der Waals surface area (Å²) in [6.45, 7) is 1.13. The van der Waals surface area contributed by atoms with Gasteiger partial charge in [0, 0.05) is 25.4 Å². The predicted octanol–water partition coefficient (Wildman–Crippen LogP) is -1.04. The molecule has 0 fully saturated rings. The average Bonchev–Trinajstić information content (AvgIpc) is 2.62. The van der Waals surface area contributed by atoms with Crippen LogP contribution in [0.3, 0.4) is 0 Å². The molecule has 0 aromatic heterocycles. The van der Waals surface area contributed by atoms with Crippen molar-refractivity contribution in [2.45, 2.75) is 25.0 Å². The number of hydrogen-bond acceptors (Lipinski definition) is 6. The first-order valence-electron chi connectivity index (χ1n) is 5.02. The van der Waals surface area contributed by atoms with Gasteiger partial charge >= 0.3 is 0 Å². The van der Waals surface area contributed by atoms with Crippen molar-refractivity contribution in [3.63, 3.8) is 0 Å². The first kappa shape index (κ1) is 13.6. The molecule has 3 atom stereocenters. The van der Waals surface area contributed by atoms with Gasteiger partial charge in [-0.3, -0.25) is 0 Å². The number of rotatable bonds is 5. The first-order valence-corrected chi connectivity index (χ1v) is 5.02. The molecule has 1 aliphatic heterocycles. The summed E-state index contributed by atoms with van der Waals surface area (Å²) in [5, 5.41) is 18.6. The quantitative estimate of drug-likeness (QED) is 0.525. The van der Waals surface area contributed by atoms with Crippen molar-refractivity contribution in [1.29, 1.82) is 0 Å². The Bertz CT molecular complexity index is 278. The van der Waals surface area contributed by atoms with E-state index < -0.39 is 18.1 Å². The molecular weight excluding hydrogens is 214 g/mol. The number of aliphatic hydroxyl groups excluding tert-OH is 2. The van der Waals surface area contributed by atoms with Crippen molar-refractivity contribution in [2.24, 2.45) is 5.73 Å². The van der Waals surface area contributed by atoms with Crippen molar-refractivity contribution in [2.75, 3.05) is 27.4 Å².